The lowest BCUT2D eigenvalue weighted by Crippen LogP contribution is -2.39. The number of hydrogen-bond donors (Lipinski definition) is 0. The number of hydrogen-bond acceptors (Lipinski definition) is 5. The Bertz CT molecular complexity index is 683. The van der Waals surface area contributed by atoms with Crippen molar-refractivity contribution in [3.63, 3.8) is 0 Å². The number of amides is 1. The Morgan fingerprint density at radius 1 is 1.39 bits per heavy atom. The van der Waals surface area contributed by atoms with Crippen LogP contribution >= 0.6 is 0 Å². The number of piperidine rings is 1. The molecule has 3 heterocycles. The van der Waals surface area contributed by atoms with Crippen LogP contribution in [0.5, 0.6) is 0 Å². The molecule has 23 heavy (non-hydrogen) atoms. The van der Waals surface area contributed by atoms with Crippen molar-refractivity contribution < 1.29 is 13.9 Å². The second-order valence-corrected chi connectivity index (χ2v) is 6.02. The lowest BCUT2D eigenvalue weighted by molar-refractivity contribution is 0.0655. The number of nitrogens with zero attached hydrogens (tertiary/aromatic N) is 4. The average molecular weight is 318 g/mol. The topological polar surface area (TPSA) is 73.4 Å². The lowest BCUT2D eigenvalue weighted by Gasteiger charge is -2.31. The number of ether oxygens (including phenoxy) is 1. The summed E-state index contributed by atoms with van der Waals surface area (Å²) < 4.78 is 12.5. The van der Waals surface area contributed by atoms with E-state index in [0.717, 1.165) is 29.9 Å². The van der Waals surface area contributed by atoms with Crippen LogP contribution in [0.25, 0.3) is 0 Å². The highest BCUT2D eigenvalue weighted by molar-refractivity contribution is 5.93. The number of aryl methyl sites for hydroxylation is 2. The summed E-state index contributed by atoms with van der Waals surface area (Å²) in [6, 6.07) is 2.17. The van der Waals surface area contributed by atoms with Gasteiger partial charge in [-0.2, -0.15) is 0 Å². The molecule has 7 nitrogen and oxygen atoms in total. The summed E-state index contributed by atoms with van der Waals surface area (Å²) in [5, 5.41) is 8.26. The maximum atomic E-state index is 12.5. The molecule has 1 amide bonds. The summed E-state index contributed by atoms with van der Waals surface area (Å²) in [6.45, 7) is 5.63. The highest BCUT2D eigenvalue weighted by atomic mass is 16.5. The van der Waals surface area contributed by atoms with Crippen molar-refractivity contribution >= 4 is 5.91 Å². The van der Waals surface area contributed by atoms with Gasteiger partial charge in [0.1, 0.15) is 11.5 Å². The van der Waals surface area contributed by atoms with E-state index in [1.165, 1.54) is 0 Å². The summed E-state index contributed by atoms with van der Waals surface area (Å²) in [5.74, 6) is 1.21. The molecule has 0 N–H and O–H groups in total. The first-order chi connectivity index (χ1) is 11.1. The van der Waals surface area contributed by atoms with Crippen molar-refractivity contribution in [3.05, 3.63) is 35.0 Å². The van der Waals surface area contributed by atoms with Crippen LogP contribution in [-0.4, -0.2) is 46.0 Å². The quantitative estimate of drug-likeness (QED) is 0.863. The van der Waals surface area contributed by atoms with Crippen molar-refractivity contribution in [3.8, 4) is 0 Å². The Kier molecular flexibility index (Phi) is 4.47. The van der Waals surface area contributed by atoms with Gasteiger partial charge in [-0.1, -0.05) is 5.21 Å². The molecule has 0 spiro atoms. The molecule has 124 valence electrons. The van der Waals surface area contributed by atoms with E-state index in [4.69, 9.17) is 9.15 Å². The number of methoxy groups -OCH3 is 1. The number of carbonyl (C=O) groups excluding carboxylic acids is 1. The van der Waals surface area contributed by atoms with Crippen molar-refractivity contribution in [1.29, 1.82) is 0 Å². The molecule has 1 aliphatic rings. The maximum absolute atomic E-state index is 12.5. The predicted molar refractivity (Wildman–Crippen MR) is 83.1 cm³/mol. The van der Waals surface area contributed by atoms with Crippen molar-refractivity contribution in [2.45, 2.75) is 39.3 Å². The molecule has 2 aromatic heterocycles. The van der Waals surface area contributed by atoms with E-state index in [0.29, 0.717) is 25.5 Å². The third kappa shape index (κ3) is 3.29. The standard InChI is InChI=1S/C16H22N4O3/c1-11-8-12(2)23-15(11)16(21)19-6-4-14(5-7-19)20-9-13(10-22-3)17-18-20/h8-9,14H,4-7,10H2,1-3H3. The minimum atomic E-state index is -0.0206. The molecule has 3 rings (SSSR count). The minimum absolute atomic E-state index is 0.0206. The van der Waals surface area contributed by atoms with Gasteiger partial charge in [0.05, 0.1) is 18.8 Å². The first-order valence-corrected chi connectivity index (χ1v) is 7.84. The van der Waals surface area contributed by atoms with Gasteiger partial charge in [0, 0.05) is 25.8 Å². The van der Waals surface area contributed by atoms with Crippen molar-refractivity contribution in [2.24, 2.45) is 0 Å². The van der Waals surface area contributed by atoms with Crippen LogP contribution in [0.4, 0.5) is 0 Å². The average Bonchev–Trinajstić information content (AvgIpc) is 3.14. The predicted octanol–water partition coefficient (Wildman–Crippen LogP) is 2.11. The molecule has 1 saturated heterocycles. The van der Waals surface area contributed by atoms with Gasteiger partial charge >= 0.3 is 0 Å². The molecular weight excluding hydrogens is 296 g/mol. The van der Waals surface area contributed by atoms with E-state index in [9.17, 15) is 4.79 Å². The van der Waals surface area contributed by atoms with Crippen LogP contribution in [0, 0.1) is 13.8 Å². The molecular formula is C16H22N4O3. The van der Waals surface area contributed by atoms with Crippen LogP contribution in [0.1, 0.15) is 46.5 Å². The molecule has 0 aromatic carbocycles. The molecule has 0 radical (unpaired) electrons. The lowest BCUT2D eigenvalue weighted by atomic mass is 10.0. The zero-order valence-electron chi connectivity index (χ0n) is 13.8. The summed E-state index contributed by atoms with van der Waals surface area (Å²) in [5.41, 5.74) is 1.72. The van der Waals surface area contributed by atoms with Crippen molar-refractivity contribution in [1.82, 2.24) is 19.9 Å². The number of carbonyl (C=O) groups is 1. The molecule has 0 atom stereocenters. The summed E-state index contributed by atoms with van der Waals surface area (Å²) in [6.07, 6.45) is 3.65. The zero-order chi connectivity index (χ0) is 16.4. The Balaban J connectivity index is 1.61. The molecule has 2 aromatic rings. The number of aromatic nitrogens is 3. The van der Waals surface area contributed by atoms with E-state index in [2.05, 4.69) is 10.3 Å². The van der Waals surface area contributed by atoms with Gasteiger partial charge in [-0.25, -0.2) is 4.68 Å². The fourth-order valence-electron chi connectivity index (χ4n) is 3.04. The first-order valence-electron chi connectivity index (χ1n) is 7.84. The van der Waals surface area contributed by atoms with E-state index < -0.39 is 0 Å². The zero-order valence-corrected chi connectivity index (χ0v) is 13.8. The second-order valence-electron chi connectivity index (χ2n) is 6.02. The number of likely N-dealkylation sites (tertiary alicyclic amines) is 1. The third-order valence-electron chi connectivity index (χ3n) is 4.21. The highest BCUT2D eigenvalue weighted by Gasteiger charge is 2.27. The monoisotopic (exact) mass is 318 g/mol. The SMILES string of the molecule is COCc1cn(C2CCN(C(=O)c3oc(C)cc3C)CC2)nn1. The normalized spacial score (nSPS) is 16.0. The summed E-state index contributed by atoms with van der Waals surface area (Å²) in [4.78, 5) is 14.4. The van der Waals surface area contributed by atoms with Crippen LogP contribution in [0.2, 0.25) is 0 Å². The first kappa shape index (κ1) is 15.7. The molecule has 0 unspecified atom stereocenters. The summed E-state index contributed by atoms with van der Waals surface area (Å²) in [7, 11) is 1.64. The van der Waals surface area contributed by atoms with Gasteiger partial charge in [-0.15, -0.1) is 5.10 Å². The molecule has 0 bridgehead atoms. The molecule has 1 aliphatic heterocycles. The van der Waals surface area contributed by atoms with Crippen molar-refractivity contribution in [2.75, 3.05) is 20.2 Å². The largest absolute Gasteiger partial charge is 0.456 e. The molecule has 1 fully saturated rings. The van der Waals surface area contributed by atoms with Gasteiger partial charge < -0.3 is 14.1 Å². The van der Waals surface area contributed by atoms with Gasteiger partial charge in [-0.05, 0) is 32.8 Å². The smallest absolute Gasteiger partial charge is 0.289 e. The van der Waals surface area contributed by atoms with E-state index in [1.54, 1.807) is 7.11 Å². The Morgan fingerprint density at radius 3 is 2.74 bits per heavy atom. The highest BCUT2D eigenvalue weighted by Crippen LogP contribution is 2.24. The van der Waals surface area contributed by atoms with Crippen LogP contribution < -0.4 is 0 Å². The van der Waals surface area contributed by atoms with Crippen LogP contribution in [0.3, 0.4) is 0 Å². The Morgan fingerprint density at radius 2 is 2.13 bits per heavy atom. The van der Waals surface area contributed by atoms with E-state index in [-0.39, 0.29) is 11.9 Å². The van der Waals surface area contributed by atoms with Gasteiger partial charge in [0.15, 0.2) is 5.76 Å². The van der Waals surface area contributed by atoms with Crippen LogP contribution in [0.15, 0.2) is 16.7 Å². The van der Waals surface area contributed by atoms with Gasteiger partial charge in [0.2, 0.25) is 0 Å². The van der Waals surface area contributed by atoms with Crippen LogP contribution in [-0.2, 0) is 11.3 Å². The van der Waals surface area contributed by atoms with E-state index >= 15 is 0 Å². The second kappa shape index (κ2) is 6.54. The molecule has 0 saturated carbocycles. The fourth-order valence-corrected chi connectivity index (χ4v) is 3.04. The van der Waals surface area contributed by atoms with E-state index in [1.807, 2.05) is 35.7 Å². The Hall–Kier alpha value is -2.15. The Labute approximate surface area is 135 Å². The van der Waals surface area contributed by atoms with Gasteiger partial charge in [-0.3, -0.25) is 4.79 Å². The van der Waals surface area contributed by atoms with Gasteiger partial charge in [0.25, 0.3) is 5.91 Å². The molecule has 7 heteroatoms. The summed E-state index contributed by atoms with van der Waals surface area (Å²) >= 11 is 0. The fraction of sp³-hybridized carbons (Fsp3) is 0.562. The number of rotatable bonds is 4. The maximum Gasteiger partial charge on any atom is 0.289 e. The third-order valence-corrected chi connectivity index (χ3v) is 4.21. The molecule has 0 aliphatic carbocycles. The minimum Gasteiger partial charge on any atom is -0.456 e. The number of furan rings is 1.